The first kappa shape index (κ1) is 14.6. The van der Waals surface area contributed by atoms with Crippen molar-refractivity contribution in [3.8, 4) is 0 Å². The van der Waals surface area contributed by atoms with Gasteiger partial charge in [-0.05, 0) is 18.4 Å². The van der Waals surface area contributed by atoms with E-state index in [1.165, 1.54) is 6.42 Å². The zero-order valence-corrected chi connectivity index (χ0v) is 12.4. The number of carbonyl (C=O) groups is 1. The molecule has 3 rings (SSSR count). The maximum absolute atomic E-state index is 12.9. The Hall–Kier alpha value is -2.37. The third-order valence-electron chi connectivity index (χ3n) is 4.43. The molecule has 2 aromatic rings. The largest absolute Gasteiger partial charge is 0.348 e. The van der Waals surface area contributed by atoms with Gasteiger partial charge in [-0.25, -0.2) is 9.89 Å². The molecule has 1 aromatic heterocycles. The first-order chi connectivity index (χ1) is 10.7. The quantitative estimate of drug-likeness (QED) is 0.801. The van der Waals surface area contributed by atoms with Crippen molar-refractivity contribution in [2.45, 2.75) is 44.1 Å². The zero-order valence-electron chi connectivity index (χ0n) is 12.4. The minimum Gasteiger partial charge on any atom is -0.348 e. The summed E-state index contributed by atoms with van der Waals surface area (Å²) in [6.45, 7) is 0.228. The summed E-state index contributed by atoms with van der Waals surface area (Å²) in [7, 11) is 0. The second-order valence-electron chi connectivity index (χ2n) is 5.82. The summed E-state index contributed by atoms with van der Waals surface area (Å²) in [4.78, 5) is 26.4. The van der Waals surface area contributed by atoms with Crippen molar-refractivity contribution in [1.29, 1.82) is 0 Å². The molecule has 1 saturated carbocycles. The standard InChI is InChI=1S/C16H20N4O2/c21-14(17-11-13-18-15(22)20-19-13)16(9-5-2-6-10-16)12-7-3-1-4-8-12/h1,3-4,7-8H,2,5-6,9-11H2,(H,17,21)(H2,18,19,20,22). The molecule has 1 heterocycles. The number of carbonyl (C=O) groups excluding carboxylic acids is 1. The topological polar surface area (TPSA) is 90.6 Å². The molecule has 6 nitrogen and oxygen atoms in total. The molecule has 0 saturated heterocycles. The molecule has 1 amide bonds. The van der Waals surface area contributed by atoms with E-state index in [4.69, 9.17) is 0 Å². The maximum atomic E-state index is 12.9. The predicted molar refractivity (Wildman–Crippen MR) is 82.3 cm³/mol. The number of hydrogen-bond donors (Lipinski definition) is 3. The van der Waals surface area contributed by atoms with Crippen LogP contribution < -0.4 is 11.0 Å². The Morgan fingerprint density at radius 1 is 1.18 bits per heavy atom. The van der Waals surface area contributed by atoms with Gasteiger partial charge in [-0.1, -0.05) is 49.6 Å². The van der Waals surface area contributed by atoms with Crippen LogP contribution in [0, 0.1) is 0 Å². The lowest BCUT2D eigenvalue weighted by atomic mass is 9.68. The van der Waals surface area contributed by atoms with Crippen LogP contribution in [0.25, 0.3) is 0 Å². The molecule has 6 heteroatoms. The van der Waals surface area contributed by atoms with Crippen molar-refractivity contribution < 1.29 is 4.79 Å². The number of H-pyrrole nitrogens is 2. The van der Waals surface area contributed by atoms with Crippen LogP contribution in [-0.2, 0) is 16.8 Å². The van der Waals surface area contributed by atoms with E-state index >= 15 is 0 Å². The van der Waals surface area contributed by atoms with Crippen molar-refractivity contribution in [1.82, 2.24) is 20.5 Å². The molecule has 0 spiro atoms. The normalized spacial score (nSPS) is 17.1. The lowest BCUT2D eigenvalue weighted by molar-refractivity contribution is -0.128. The van der Waals surface area contributed by atoms with E-state index in [1.807, 2.05) is 30.3 Å². The molecule has 1 aromatic carbocycles. The number of benzene rings is 1. The van der Waals surface area contributed by atoms with Gasteiger partial charge in [0.2, 0.25) is 5.91 Å². The van der Waals surface area contributed by atoms with E-state index in [0.29, 0.717) is 5.82 Å². The van der Waals surface area contributed by atoms with Gasteiger partial charge in [0.05, 0.1) is 12.0 Å². The Bertz CT molecular complexity index is 683. The minimum atomic E-state index is -0.462. The molecular weight excluding hydrogens is 280 g/mol. The van der Waals surface area contributed by atoms with Gasteiger partial charge in [-0.3, -0.25) is 9.78 Å². The molecule has 1 aliphatic carbocycles. The molecule has 1 aliphatic rings. The van der Waals surface area contributed by atoms with Gasteiger partial charge >= 0.3 is 5.69 Å². The van der Waals surface area contributed by atoms with Crippen LogP contribution in [0.2, 0.25) is 0 Å². The molecular formula is C16H20N4O2. The number of aromatic amines is 2. The van der Waals surface area contributed by atoms with Crippen LogP contribution in [-0.4, -0.2) is 21.1 Å². The molecule has 0 bridgehead atoms. The van der Waals surface area contributed by atoms with E-state index in [-0.39, 0.29) is 18.1 Å². The van der Waals surface area contributed by atoms with Gasteiger partial charge in [0.25, 0.3) is 0 Å². The summed E-state index contributed by atoms with van der Waals surface area (Å²) in [6, 6.07) is 9.98. The monoisotopic (exact) mass is 300 g/mol. The summed E-state index contributed by atoms with van der Waals surface area (Å²) < 4.78 is 0. The highest BCUT2D eigenvalue weighted by atomic mass is 16.2. The Morgan fingerprint density at radius 3 is 2.55 bits per heavy atom. The second-order valence-corrected chi connectivity index (χ2v) is 5.82. The third-order valence-corrected chi connectivity index (χ3v) is 4.43. The van der Waals surface area contributed by atoms with Gasteiger partial charge in [0.1, 0.15) is 5.82 Å². The molecule has 22 heavy (non-hydrogen) atoms. The number of hydrogen-bond acceptors (Lipinski definition) is 3. The summed E-state index contributed by atoms with van der Waals surface area (Å²) in [5.41, 5.74) is 0.248. The highest BCUT2D eigenvalue weighted by molar-refractivity contribution is 5.88. The first-order valence-corrected chi connectivity index (χ1v) is 7.68. The van der Waals surface area contributed by atoms with Crippen molar-refractivity contribution in [3.05, 3.63) is 52.2 Å². The van der Waals surface area contributed by atoms with E-state index in [2.05, 4.69) is 20.5 Å². The SMILES string of the molecule is O=C(NCc1n[nH]c(=O)[nH]1)C1(c2ccccc2)CCCCC1. The third kappa shape index (κ3) is 2.81. The van der Waals surface area contributed by atoms with Crippen molar-refractivity contribution in [2.75, 3.05) is 0 Å². The zero-order chi connectivity index (χ0) is 15.4. The average Bonchev–Trinajstić information content (AvgIpc) is 2.99. The molecule has 3 N–H and O–H groups in total. The molecule has 116 valence electrons. The van der Waals surface area contributed by atoms with Crippen molar-refractivity contribution in [2.24, 2.45) is 0 Å². The van der Waals surface area contributed by atoms with Gasteiger partial charge in [-0.15, -0.1) is 0 Å². The molecule has 0 radical (unpaired) electrons. The van der Waals surface area contributed by atoms with E-state index in [1.54, 1.807) is 0 Å². The van der Waals surface area contributed by atoms with Gasteiger partial charge < -0.3 is 5.32 Å². The smallest absolute Gasteiger partial charge is 0.340 e. The Kier molecular flexibility index (Phi) is 4.09. The van der Waals surface area contributed by atoms with Crippen LogP contribution in [0.3, 0.4) is 0 Å². The fourth-order valence-corrected chi connectivity index (χ4v) is 3.28. The summed E-state index contributed by atoms with van der Waals surface area (Å²) in [5, 5.41) is 9.05. The number of aromatic nitrogens is 3. The van der Waals surface area contributed by atoms with Gasteiger partial charge in [-0.2, -0.15) is 5.10 Å². The summed E-state index contributed by atoms with van der Waals surface area (Å²) in [5.74, 6) is 0.458. The highest BCUT2D eigenvalue weighted by Crippen LogP contribution is 2.39. The fraction of sp³-hybridized carbons (Fsp3) is 0.438. The maximum Gasteiger partial charge on any atom is 0.340 e. The van der Waals surface area contributed by atoms with E-state index in [0.717, 1.165) is 31.2 Å². The second kappa shape index (κ2) is 6.17. The minimum absolute atomic E-state index is 0.0160. The van der Waals surface area contributed by atoms with Crippen LogP contribution in [0.1, 0.15) is 43.5 Å². The number of nitrogens with zero attached hydrogens (tertiary/aromatic N) is 1. The first-order valence-electron chi connectivity index (χ1n) is 7.68. The Morgan fingerprint density at radius 2 is 1.91 bits per heavy atom. The van der Waals surface area contributed by atoms with E-state index in [9.17, 15) is 9.59 Å². The lowest BCUT2D eigenvalue weighted by Crippen LogP contribution is -2.45. The van der Waals surface area contributed by atoms with Crippen molar-refractivity contribution in [3.63, 3.8) is 0 Å². The molecule has 0 aliphatic heterocycles. The van der Waals surface area contributed by atoms with Crippen LogP contribution in [0.4, 0.5) is 0 Å². The highest BCUT2D eigenvalue weighted by Gasteiger charge is 2.40. The predicted octanol–water partition coefficient (Wildman–Crippen LogP) is 1.62. The molecule has 0 unspecified atom stereocenters. The average molecular weight is 300 g/mol. The van der Waals surface area contributed by atoms with Crippen LogP contribution >= 0.6 is 0 Å². The Balaban J connectivity index is 1.80. The summed E-state index contributed by atoms with van der Waals surface area (Å²) >= 11 is 0. The van der Waals surface area contributed by atoms with E-state index < -0.39 is 5.41 Å². The molecule has 0 atom stereocenters. The van der Waals surface area contributed by atoms with Gasteiger partial charge in [0.15, 0.2) is 0 Å². The number of nitrogens with one attached hydrogen (secondary N) is 3. The molecule has 1 fully saturated rings. The fourth-order valence-electron chi connectivity index (χ4n) is 3.28. The summed E-state index contributed by atoms with van der Waals surface area (Å²) in [6.07, 6.45) is 5.01. The van der Waals surface area contributed by atoms with Crippen LogP contribution in [0.5, 0.6) is 0 Å². The lowest BCUT2D eigenvalue weighted by Gasteiger charge is -2.36. The van der Waals surface area contributed by atoms with Crippen LogP contribution in [0.15, 0.2) is 35.1 Å². The number of rotatable bonds is 4. The van der Waals surface area contributed by atoms with Crippen molar-refractivity contribution >= 4 is 5.91 Å². The Labute approximate surface area is 128 Å². The van der Waals surface area contributed by atoms with Gasteiger partial charge in [0, 0.05) is 0 Å². The number of amides is 1.